The van der Waals surface area contributed by atoms with Gasteiger partial charge >= 0.3 is 6.36 Å². The summed E-state index contributed by atoms with van der Waals surface area (Å²) in [5.41, 5.74) is 0.237. The molecule has 0 aliphatic carbocycles. The molecule has 2 N–H and O–H groups in total. The second-order valence-electron chi connectivity index (χ2n) is 7.58. The number of rotatable bonds is 6. The van der Waals surface area contributed by atoms with Crippen molar-refractivity contribution in [3.8, 4) is 5.75 Å². The molecule has 0 radical (unpaired) electrons. The van der Waals surface area contributed by atoms with E-state index in [2.05, 4.69) is 15.4 Å². The minimum absolute atomic E-state index is 0.142. The molecule has 1 aliphatic rings. The number of carbonyl (C=O) groups is 1. The highest BCUT2D eigenvalue weighted by atomic mass is 32.2. The molecule has 2 aromatic carbocycles. The fraction of sp³-hybridized carbons (Fsp3) is 0.381. The normalized spacial score (nSPS) is 17.0. The molecule has 0 unspecified atom stereocenters. The first-order valence-corrected chi connectivity index (χ1v) is 11.3. The number of benzene rings is 2. The Hall–Kier alpha value is -2.63. The number of halogens is 3. The highest BCUT2D eigenvalue weighted by molar-refractivity contribution is 7.89. The summed E-state index contributed by atoms with van der Waals surface area (Å²) >= 11 is 0. The Morgan fingerprint density at radius 3 is 2.09 bits per heavy atom. The number of anilines is 1. The molecule has 1 fully saturated rings. The number of hydrogen-bond donors (Lipinski definition) is 2. The number of likely N-dealkylation sites (N-methyl/N-ethyl adjacent to an activating group) is 1. The van der Waals surface area contributed by atoms with E-state index in [9.17, 15) is 26.4 Å². The number of sulfonamides is 1. The third-order valence-electron chi connectivity index (χ3n) is 5.49. The minimum Gasteiger partial charge on any atom is -0.406 e. The van der Waals surface area contributed by atoms with Crippen molar-refractivity contribution in [2.45, 2.75) is 36.6 Å². The van der Waals surface area contributed by atoms with Crippen LogP contribution in [0, 0.1) is 6.92 Å². The summed E-state index contributed by atoms with van der Waals surface area (Å²) in [4.78, 5) is 13.1. The van der Waals surface area contributed by atoms with E-state index in [1.807, 2.05) is 6.92 Å². The summed E-state index contributed by atoms with van der Waals surface area (Å²) < 4.78 is 67.8. The molecule has 0 spiro atoms. The predicted octanol–water partition coefficient (Wildman–Crippen LogP) is 3.28. The number of piperidine rings is 1. The summed E-state index contributed by atoms with van der Waals surface area (Å²) in [5, 5.41) is 5.67. The van der Waals surface area contributed by atoms with Gasteiger partial charge in [-0.3, -0.25) is 4.79 Å². The average Bonchev–Trinajstić information content (AvgIpc) is 2.74. The van der Waals surface area contributed by atoms with Crippen LogP contribution in [0.3, 0.4) is 0 Å². The van der Waals surface area contributed by atoms with Crippen LogP contribution in [0.15, 0.2) is 53.4 Å². The van der Waals surface area contributed by atoms with Gasteiger partial charge in [0.25, 0.3) is 0 Å². The van der Waals surface area contributed by atoms with E-state index in [1.165, 1.54) is 16.4 Å². The van der Waals surface area contributed by atoms with Crippen LogP contribution in [0.2, 0.25) is 0 Å². The van der Waals surface area contributed by atoms with E-state index in [-0.39, 0.29) is 30.8 Å². The molecule has 11 heteroatoms. The SMILES string of the molecule is CNC1(C(=O)Nc2ccc(OC(F)(F)F)cc2)CCN(S(=O)(=O)c2ccc(C)cc2)CC1. The maximum atomic E-state index is 12.9. The molecule has 0 atom stereocenters. The molecule has 0 bridgehead atoms. The van der Waals surface area contributed by atoms with Gasteiger partial charge in [-0.15, -0.1) is 13.2 Å². The molecule has 32 heavy (non-hydrogen) atoms. The Morgan fingerprint density at radius 2 is 1.59 bits per heavy atom. The van der Waals surface area contributed by atoms with Gasteiger partial charge in [0.2, 0.25) is 15.9 Å². The molecule has 1 aliphatic heterocycles. The van der Waals surface area contributed by atoms with E-state index in [0.29, 0.717) is 5.69 Å². The van der Waals surface area contributed by atoms with Crippen LogP contribution in [0.1, 0.15) is 18.4 Å². The van der Waals surface area contributed by atoms with Gasteiger partial charge in [0.15, 0.2) is 0 Å². The number of carbonyl (C=O) groups excluding carboxylic acids is 1. The standard InChI is InChI=1S/C21H24F3N3O4S/c1-15-3-9-18(10-4-15)32(29,30)27-13-11-20(25-2,12-14-27)19(28)26-16-5-7-17(8-6-16)31-21(22,23)24/h3-10,25H,11-14H2,1-2H3,(H,26,28). The molecule has 2 aromatic rings. The van der Waals surface area contributed by atoms with Crippen molar-refractivity contribution in [1.29, 1.82) is 0 Å². The fourth-order valence-electron chi connectivity index (χ4n) is 3.55. The highest BCUT2D eigenvalue weighted by Gasteiger charge is 2.43. The molecule has 0 saturated carbocycles. The summed E-state index contributed by atoms with van der Waals surface area (Å²) in [6.45, 7) is 2.15. The fourth-order valence-corrected chi connectivity index (χ4v) is 4.99. The minimum atomic E-state index is -4.80. The maximum Gasteiger partial charge on any atom is 0.573 e. The van der Waals surface area contributed by atoms with E-state index in [0.717, 1.165) is 17.7 Å². The van der Waals surface area contributed by atoms with Gasteiger partial charge in [0.1, 0.15) is 11.3 Å². The smallest absolute Gasteiger partial charge is 0.406 e. The van der Waals surface area contributed by atoms with E-state index >= 15 is 0 Å². The zero-order valence-corrected chi connectivity index (χ0v) is 18.4. The van der Waals surface area contributed by atoms with Crippen molar-refractivity contribution in [3.05, 3.63) is 54.1 Å². The number of aryl methyl sites for hydroxylation is 1. The zero-order valence-electron chi connectivity index (χ0n) is 17.6. The van der Waals surface area contributed by atoms with Crippen LogP contribution in [-0.2, 0) is 14.8 Å². The lowest BCUT2D eigenvalue weighted by Crippen LogP contribution is -2.59. The van der Waals surface area contributed by atoms with Crippen LogP contribution in [0.5, 0.6) is 5.75 Å². The predicted molar refractivity (Wildman–Crippen MR) is 113 cm³/mol. The third kappa shape index (κ3) is 5.40. The van der Waals surface area contributed by atoms with Crippen molar-refractivity contribution in [2.75, 3.05) is 25.5 Å². The van der Waals surface area contributed by atoms with E-state index in [4.69, 9.17) is 0 Å². The van der Waals surface area contributed by atoms with Crippen LogP contribution < -0.4 is 15.4 Å². The van der Waals surface area contributed by atoms with Crippen LogP contribution in [0.4, 0.5) is 18.9 Å². The van der Waals surface area contributed by atoms with Crippen molar-refractivity contribution >= 4 is 21.6 Å². The van der Waals surface area contributed by atoms with Crippen molar-refractivity contribution in [3.63, 3.8) is 0 Å². The lowest BCUT2D eigenvalue weighted by atomic mass is 9.87. The Morgan fingerprint density at radius 1 is 1.03 bits per heavy atom. The number of alkyl halides is 3. The molecule has 1 amide bonds. The van der Waals surface area contributed by atoms with Gasteiger partial charge < -0.3 is 15.4 Å². The first-order valence-electron chi connectivity index (χ1n) is 9.88. The maximum absolute atomic E-state index is 12.9. The Bertz CT molecular complexity index is 1050. The number of nitrogens with zero attached hydrogens (tertiary/aromatic N) is 1. The third-order valence-corrected chi connectivity index (χ3v) is 7.41. The van der Waals surface area contributed by atoms with Gasteiger partial charge in [-0.1, -0.05) is 17.7 Å². The van der Waals surface area contributed by atoms with Gasteiger partial charge in [-0.05, 0) is 63.2 Å². The Balaban J connectivity index is 1.66. The quantitative estimate of drug-likeness (QED) is 0.675. The van der Waals surface area contributed by atoms with Gasteiger partial charge in [0.05, 0.1) is 4.90 Å². The Kier molecular flexibility index (Phi) is 6.82. The van der Waals surface area contributed by atoms with Crippen LogP contribution in [-0.4, -0.2) is 50.7 Å². The van der Waals surface area contributed by atoms with Crippen molar-refractivity contribution in [1.82, 2.24) is 9.62 Å². The molecule has 7 nitrogen and oxygen atoms in total. The monoisotopic (exact) mass is 471 g/mol. The largest absolute Gasteiger partial charge is 0.573 e. The number of hydrogen-bond acceptors (Lipinski definition) is 5. The molecular weight excluding hydrogens is 447 g/mol. The van der Waals surface area contributed by atoms with Gasteiger partial charge in [-0.25, -0.2) is 8.42 Å². The molecule has 174 valence electrons. The van der Waals surface area contributed by atoms with Crippen LogP contribution in [0.25, 0.3) is 0 Å². The number of ether oxygens (including phenoxy) is 1. The molecular formula is C21H24F3N3O4S. The summed E-state index contributed by atoms with van der Waals surface area (Å²) in [5.74, 6) is -0.787. The van der Waals surface area contributed by atoms with E-state index in [1.54, 1.807) is 31.3 Å². The van der Waals surface area contributed by atoms with E-state index < -0.39 is 33.6 Å². The molecule has 1 heterocycles. The molecule has 0 aromatic heterocycles. The first kappa shape index (κ1) is 24.0. The molecule has 3 rings (SSSR count). The summed E-state index contributed by atoms with van der Waals surface area (Å²) in [6, 6.07) is 11.4. The first-order chi connectivity index (χ1) is 14.9. The summed E-state index contributed by atoms with van der Waals surface area (Å²) in [6.07, 6.45) is -4.33. The lowest BCUT2D eigenvalue weighted by Gasteiger charge is -2.39. The van der Waals surface area contributed by atoms with Gasteiger partial charge in [-0.2, -0.15) is 4.31 Å². The number of amides is 1. The topological polar surface area (TPSA) is 87.7 Å². The van der Waals surface area contributed by atoms with Crippen molar-refractivity contribution in [2.24, 2.45) is 0 Å². The second kappa shape index (κ2) is 9.08. The van der Waals surface area contributed by atoms with Crippen LogP contribution >= 0.6 is 0 Å². The molecule has 1 saturated heterocycles. The summed E-state index contributed by atoms with van der Waals surface area (Å²) in [7, 11) is -2.06. The van der Waals surface area contributed by atoms with Crippen molar-refractivity contribution < 1.29 is 31.1 Å². The highest BCUT2D eigenvalue weighted by Crippen LogP contribution is 2.29. The average molecular weight is 472 g/mol. The lowest BCUT2D eigenvalue weighted by molar-refractivity contribution is -0.274. The number of nitrogens with one attached hydrogen (secondary N) is 2. The Labute approximate surface area is 184 Å². The second-order valence-corrected chi connectivity index (χ2v) is 9.51. The zero-order chi connectivity index (χ0) is 23.6. The van der Waals surface area contributed by atoms with Gasteiger partial charge in [0, 0.05) is 18.8 Å².